The lowest BCUT2D eigenvalue weighted by atomic mass is 10.1. The zero-order valence-corrected chi connectivity index (χ0v) is 11.4. The molecule has 2 aromatic carbocycles. The number of benzene rings is 2. The number of aryl methyl sites for hydroxylation is 1. The van der Waals surface area contributed by atoms with Gasteiger partial charge < -0.3 is 4.57 Å². The van der Waals surface area contributed by atoms with Crippen molar-refractivity contribution in [3.05, 3.63) is 72.4 Å². The fourth-order valence-corrected chi connectivity index (χ4v) is 2.39. The Morgan fingerprint density at radius 3 is 2.42 bits per heavy atom. The lowest BCUT2D eigenvalue weighted by molar-refractivity contribution is 1.13. The van der Waals surface area contributed by atoms with Crippen LogP contribution in [-0.2, 0) is 0 Å². The summed E-state index contributed by atoms with van der Waals surface area (Å²) in [7, 11) is 0. The van der Waals surface area contributed by atoms with Gasteiger partial charge in [0.25, 0.3) is 0 Å². The SMILES string of the molecule is C=C(C)c1ccc(-n2ccc3cc(C)ccc32)cc1. The largest absolute Gasteiger partial charge is 0.317 e. The first-order chi connectivity index (χ1) is 9.15. The molecule has 1 nitrogen and oxygen atoms in total. The van der Waals surface area contributed by atoms with Crippen LogP contribution in [-0.4, -0.2) is 4.57 Å². The number of fused-ring (bicyclic) bond motifs is 1. The summed E-state index contributed by atoms with van der Waals surface area (Å²) in [6.07, 6.45) is 2.12. The van der Waals surface area contributed by atoms with Crippen LogP contribution >= 0.6 is 0 Å². The van der Waals surface area contributed by atoms with Crippen molar-refractivity contribution >= 4 is 16.5 Å². The highest BCUT2D eigenvalue weighted by molar-refractivity contribution is 5.82. The molecule has 1 heterocycles. The number of nitrogens with zero attached hydrogens (tertiary/aromatic N) is 1. The Kier molecular flexibility index (Phi) is 2.75. The molecule has 19 heavy (non-hydrogen) atoms. The van der Waals surface area contributed by atoms with Gasteiger partial charge in [0.2, 0.25) is 0 Å². The van der Waals surface area contributed by atoms with Crippen molar-refractivity contribution in [3.8, 4) is 5.69 Å². The van der Waals surface area contributed by atoms with Crippen molar-refractivity contribution in [2.45, 2.75) is 13.8 Å². The van der Waals surface area contributed by atoms with Gasteiger partial charge in [-0.05, 0) is 49.7 Å². The third-order valence-corrected chi connectivity index (χ3v) is 3.48. The number of rotatable bonds is 2. The van der Waals surface area contributed by atoms with E-state index in [4.69, 9.17) is 0 Å². The molecule has 3 rings (SSSR count). The van der Waals surface area contributed by atoms with E-state index in [1.165, 1.54) is 27.7 Å². The Labute approximate surface area is 113 Å². The van der Waals surface area contributed by atoms with Gasteiger partial charge in [-0.15, -0.1) is 0 Å². The van der Waals surface area contributed by atoms with E-state index in [-0.39, 0.29) is 0 Å². The third kappa shape index (κ3) is 2.08. The van der Waals surface area contributed by atoms with Crippen LogP contribution < -0.4 is 0 Å². The zero-order valence-electron chi connectivity index (χ0n) is 11.4. The smallest absolute Gasteiger partial charge is 0.0528 e. The van der Waals surface area contributed by atoms with E-state index in [1.54, 1.807) is 0 Å². The number of allylic oxidation sites excluding steroid dienone is 1. The van der Waals surface area contributed by atoms with Crippen molar-refractivity contribution in [1.29, 1.82) is 0 Å². The zero-order chi connectivity index (χ0) is 13.4. The Morgan fingerprint density at radius 2 is 1.74 bits per heavy atom. The van der Waals surface area contributed by atoms with Gasteiger partial charge in [0.1, 0.15) is 0 Å². The Bertz CT molecular complexity index is 745. The van der Waals surface area contributed by atoms with Gasteiger partial charge >= 0.3 is 0 Å². The molecule has 94 valence electrons. The normalized spacial score (nSPS) is 10.8. The second-order valence-electron chi connectivity index (χ2n) is 5.08. The number of hydrogen-bond acceptors (Lipinski definition) is 0. The molecule has 3 aromatic rings. The van der Waals surface area contributed by atoms with Gasteiger partial charge in [0, 0.05) is 17.3 Å². The maximum atomic E-state index is 3.97. The standard InChI is InChI=1S/C18H17N/c1-13(2)15-5-7-17(8-6-15)19-11-10-16-12-14(3)4-9-18(16)19/h4-12H,1H2,2-3H3. The summed E-state index contributed by atoms with van der Waals surface area (Å²) < 4.78 is 2.22. The highest BCUT2D eigenvalue weighted by atomic mass is 15.0. The minimum absolute atomic E-state index is 1.10. The van der Waals surface area contributed by atoms with Crippen LogP contribution in [0.4, 0.5) is 0 Å². The predicted octanol–water partition coefficient (Wildman–Crippen LogP) is 4.97. The van der Waals surface area contributed by atoms with Gasteiger partial charge in [-0.25, -0.2) is 0 Å². The van der Waals surface area contributed by atoms with E-state index in [9.17, 15) is 0 Å². The second kappa shape index (κ2) is 4.43. The quantitative estimate of drug-likeness (QED) is 0.602. The number of aromatic nitrogens is 1. The Morgan fingerprint density at radius 1 is 1.00 bits per heavy atom. The van der Waals surface area contributed by atoms with Crippen molar-refractivity contribution in [1.82, 2.24) is 4.57 Å². The molecule has 1 aromatic heterocycles. The van der Waals surface area contributed by atoms with Crippen LogP contribution in [0.5, 0.6) is 0 Å². The van der Waals surface area contributed by atoms with Crippen molar-refractivity contribution in [2.24, 2.45) is 0 Å². The number of hydrogen-bond donors (Lipinski definition) is 0. The van der Waals surface area contributed by atoms with Gasteiger partial charge in [-0.3, -0.25) is 0 Å². The molecule has 0 saturated heterocycles. The summed E-state index contributed by atoms with van der Waals surface area (Å²) >= 11 is 0. The molecule has 0 bridgehead atoms. The predicted molar refractivity (Wildman–Crippen MR) is 82.7 cm³/mol. The lowest BCUT2D eigenvalue weighted by Gasteiger charge is -2.07. The molecule has 0 atom stereocenters. The maximum absolute atomic E-state index is 3.97. The topological polar surface area (TPSA) is 4.93 Å². The van der Waals surface area contributed by atoms with E-state index < -0.39 is 0 Å². The van der Waals surface area contributed by atoms with Crippen molar-refractivity contribution < 1.29 is 0 Å². The molecule has 0 aliphatic carbocycles. The maximum Gasteiger partial charge on any atom is 0.0528 e. The van der Waals surface area contributed by atoms with E-state index in [2.05, 4.69) is 72.8 Å². The first-order valence-electron chi connectivity index (χ1n) is 6.49. The minimum atomic E-state index is 1.10. The Hall–Kier alpha value is -2.28. The van der Waals surface area contributed by atoms with Crippen LogP contribution in [0.1, 0.15) is 18.1 Å². The van der Waals surface area contributed by atoms with E-state index in [0.29, 0.717) is 0 Å². The monoisotopic (exact) mass is 247 g/mol. The summed E-state index contributed by atoms with van der Waals surface area (Å²) in [5.74, 6) is 0. The minimum Gasteiger partial charge on any atom is -0.317 e. The molecule has 0 spiro atoms. The van der Waals surface area contributed by atoms with Crippen LogP contribution in [0.15, 0.2) is 61.3 Å². The third-order valence-electron chi connectivity index (χ3n) is 3.48. The molecule has 0 amide bonds. The van der Waals surface area contributed by atoms with Gasteiger partial charge in [0.15, 0.2) is 0 Å². The molecule has 0 radical (unpaired) electrons. The molecule has 0 unspecified atom stereocenters. The van der Waals surface area contributed by atoms with Crippen LogP contribution in [0.3, 0.4) is 0 Å². The molecular weight excluding hydrogens is 230 g/mol. The highest BCUT2D eigenvalue weighted by Gasteiger charge is 2.03. The van der Waals surface area contributed by atoms with Crippen LogP contribution in [0.2, 0.25) is 0 Å². The summed E-state index contributed by atoms with van der Waals surface area (Å²) in [6.45, 7) is 8.12. The average molecular weight is 247 g/mol. The molecular formula is C18H17N. The van der Waals surface area contributed by atoms with Crippen molar-refractivity contribution in [2.75, 3.05) is 0 Å². The van der Waals surface area contributed by atoms with Crippen molar-refractivity contribution in [3.63, 3.8) is 0 Å². The molecule has 0 aliphatic heterocycles. The lowest BCUT2D eigenvalue weighted by Crippen LogP contribution is -1.92. The highest BCUT2D eigenvalue weighted by Crippen LogP contribution is 2.22. The van der Waals surface area contributed by atoms with Crippen LogP contribution in [0, 0.1) is 6.92 Å². The average Bonchev–Trinajstić information content (AvgIpc) is 2.81. The second-order valence-corrected chi connectivity index (χ2v) is 5.08. The summed E-state index contributed by atoms with van der Waals surface area (Å²) in [5, 5.41) is 1.28. The van der Waals surface area contributed by atoms with E-state index in [0.717, 1.165) is 5.57 Å². The van der Waals surface area contributed by atoms with Gasteiger partial charge in [-0.2, -0.15) is 0 Å². The molecule has 0 saturated carbocycles. The van der Waals surface area contributed by atoms with Gasteiger partial charge in [0.05, 0.1) is 5.52 Å². The van der Waals surface area contributed by atoms with E-state index in [1.807, 2.05) is 6.92 Å². The molecule has 0 N–H and O–H groups in total. The summed E-state index contributed by atoms with van der Waals surface area (Å²) in [5.41, 5.74) is 6.01. The fraction of sp³-hybridized carbons (Fsp3) is 0.111. The van der Waals surface area contributed by atoms with Crippen LogP contribution in [0.25, 0.3) is 22.2 Å². The van der Waals surface area contributed by atoms with Gasteiger partial charge in [-0.1, -0.05) is 35.9 Å². The molecule has 1 heteroatoms. The summed E-state index contributed by atoms with van der Waals surface area (Å²) in [4.78, 5) is 0. The first kappa shape index (κ1) is 11.8. The summed E-state index contributed by atoms with van der Waals surface area (Å²) in [6, 6.07) is 17.2. The first-order valence-corrected chi connectivity index (χ1v) is 6.49. The van der Waals surface area contributed by atoms with E-state index >= 15 is 0 Å². The Balaban J connectivity index is 2.11. The molecule has 0 aliphatic rings. The fourth-order valence-electron chi connectivity index (χ4n) is 2.39. The molecule has 0 fully saturated rings.